The second-order valence-electron chi connectivity index (χ2n) is 4.97. The summed E-state index contributed by atoms with van der Waals surface area (Å²) in [6.45, 7) is 3.87. The molecule has 1 rings (SSSR count). The number of hydrogen-bond donors (Lipinski definition) is 3. The minimum atomic E-state index is -3.34. The molecule has 5 nitrogen and oxygen atoms in total. The molecule has 0 radical (unpaired) electrons. The van der Waals surface area contributed by atoms with Crippen molar-refractivity contribution in [2.75, 3.05) is 23.9 Å². The van der Waals surface area contributed by atoms with Crippen LogP contribution in [0.4, 0.5) is 11.4 Å². The lowest BCUT2D eigenvalue weighted by Crippen LogP contribution is -2.32. The van der Waals surface area contributed by atoms with Crippen LogP contribution in [0.3, 0.4) is 0 Å². The first kappa shape index (κ1) is 14.8. The van der Waals surface area contributed by atoms with Gasteiger partial charge in [0.25, 0.3) is 0 Å². The maximum absolute atomic E-state index is 11.5. The molecule has 102 valence electrons. The van der Waals surface area contributed by atoms with Crippen molar-refractivity contribution in [3.8, 4) is 0 Å². The number of anilines is 2. The van der Waals surface area contributed by atoms with Crippen molar-refractivity contribution in [3.63, 3.8) is 0 Å². The summed E-state index contributed by atoms with van der Waals surface area (Å²) in [5.41, 5.74) is 6.29. The topological polar surface area (TPSA) is 92.4 Å². The minimum absolute atomic E-state index is 0.0473. The molecule has 4 N–H and O–H groups in total. The highest BCUT2D eigenvalue weighted by Gasteiger charge is 2.20. The molecule has 0 aliphatic rings. The van der Waals surface area contributed by atoms with Crippen molar-refractivity contribution in [2.45, 2.75) is 30.7 Å². The van der Waals surface area contributed by atoms with E-state index in [2.05, 4.69) is 5.32 Å². The van der Waals surface area contributed by atoms with E-state index in [1.807, 2.05) is 13.8 Å². The third-order valence-electron chi connectivity index (χ3n) is 2.68. The van der Waals surface area contributed by atoms with Gasteiger partial charge in [0, 0.05) is 18.4 Å². The highest BCUT2D eigenvalue weighted by molar-refractivity contribution is 7.90. The Labute approximate surface area is 108 Å². The summed E-state index contributed by atoms with van der Waals surface area (Å²) >= 11 is 0. The summed E-state index contributed by atoms with van der Waals surface area (Å²) in [6, 6.07) is 4.85. The van der Waals surface area contributed by atoms with Gasteiger partial charge in [-0.05, 0) is 32.4 Å². The lowest BCUT2D eigenvalue weighted by atomic mass is 10.0. The zero-order valence-electron chi connectivity index (χ0n) is 10.9. The summed E-state index contributed by atoms with van der Waals surface area (Å²) in [6.07, 6.45) is 1.66. The van der Waals surface area contributed by atoms with E-state index in [4.69, 9.17) is 10.8 Å². The van der Waals surface area contributed by atoms with Gasteiger partial charge in [0.15, 0.2) is 9.84 Å². The summed E-state index contributed by atoms with van der Waals surface area (Å²) < 4.78 is 23.1. The minimum Gasteiger partial charge on any atom is -0.396 e. The van der Waals surface area contributed by atoms with Crippen LogP contribution < -0.4 is 11.1 Å². The summed E-state index contributed by atoms with van der Waals surface area (Å²) in [4.78, 5) is 0.118. The average molecular weight is 272 g/mol. The van der Waals surface area contributed by atoms with Crippen LogP contribution in [0.1, 0.15) is 20.3 Å². The molecule has 0 spiro atoms. The zero-order chi connectivity index (χ0) is 14.0. The summed E-state index contributed by atoms with van der Waals surface area (Å²) in [7, 11) is -3.34. The van der Waals surface area contributed by atoms with Crippen molar-refractivity contribution in [2.24, 2.45) is 0 Å². The Kier molecular flexibility index (Phi) is 4.24. The molecule has 0 atom stereocenters. The van der Waals surface area contributed by atoms with Gasteiger partial charge in [-0.1, -0.05) is 6.07 Å². The Balaban J connectivity index is 3.13. The number of nitrogens with one attached hydrogen (secondary N) is 1. The van der Waals surface area contributed by atoms with Crippen LogP contribution in [-0.4, -0.2) is 31.9 Å². The van der Waals surface area contributed by atoms with Gasteiger partial charge in [-0.2, -0.15) is 0 Å². The Morgan fingerprint density at radius 2 is 2.00 bits per heavy atom. The molecular formula is C12H20N2O3S. The Morgan fingerprint density at radius 1 is 1.39 bits per heavy atom. The lowest BCUT2D eigenvalue weighted by Gasteiger charge is -2.28. The first-order valence-corrected chi connectivity index (χ1v) is 7.54. The molecule has 0 bridgehead atoms. The van der Waals surface area contributed by atoms with E-state index >= 15 is 0 Å². The SMILES string of the molecule is CC(C)(CCO)Nc1cccc(S(C)(=O)=O)c1N. The number of nitrogens with two attached hydrogens (primary N) is 1. The predicted octanol–water partition coefficient (Wildman–Crippen LogP) is 1.25. The van der Waals surface area contributed by atoms with Crippen LogP contribution in [0, 0.1) is 0 Å². The number of aliphatic hydroxyl groups is 1. The van der Waals surface area contributed by atoms with E-state index in [-0.39, 0.29) is 22.7 Å². The fourth-order valence-electron chi connectivity index (χ4n) is 1.68. The Hall–Kier alpha value is -1.27. The van der Waals surface area contributed by atoms with Gasteiger partial charge in [-0.3, -0.25) is 0 Å². The van der Waals surface area contributed by atoms with Crippen molar-refractivity contribution >= 4 is 21.2 Å². The van der Waals surface area contributed by atoms with E-state index < -0.39 is 9.84 Å². The molecule has 0 saturated heterocycles. The summed E-state index contributed by atoms with van der Waals surface area (Å²) in [5.74, 6) is 0. The highest BCUT2D eigenvalue weighted by Crippen LogP contribution is 2.29. The number of sulfone groups is 1. The Bertz CT molecular complexity index is 524. The van der Waals surface area contributed by atoms with Gasteiger partial charge in [-0.25, -0.2) is 8.42 Å². The number of benzene rings is 1. The second kappa shape index (κ2) is 5.16. The number of aliphatic hydroxyl groups excluding tert-OH is 1. The van der Waals surface area contributed by atoms with Gasteiger partial charge in [0.05, 0.1) is 16.3 Å². The lowest BCUT2D eigenvalue weighted by molar-refractivity contribution is 0.261. The number of nitrogen functional groups attached to an aromatic ring is 1. The molecule has 0 aromatic heterocycles. The predicted molar refractivity (Wildman–Crippen MR) is 73.4 cm³/mol. The first-order valence-electron chi connectivity index (χ1n) is 5.65. The smallest absolute Gasteiger partial charge is 0.177 e. The molecule has 0 aliphatic carbocycles. The van der Waals surface area contributed by atoms with E-state index in [0.29, 0.717) is 12.1 Å². The fourth-order valence-corrected chi connectivity index (χ4v) is 2.52. The van der Waals surface area contributed by atoms with Crippen LogP contribution in [0.15, 0.2) is 23.1 Å². The molecule has 0 amide bonds. The van der Waals surface area contributed by atoms with Crippen LogP contribution in [0.25, 0.3) is 0 Å². The van der Waals surface area contributed by atoms with E-state index in [0.717, 1.165) is 6.26 Å². The van der Waals surface area contributed by atoms with Crippen molar-refractivity contribution in [3.05, 3.63) is 18.2 Å². The van der Waals surface area contributed by atoms with E-state index in [1.165, 1.54) is 6.07 Å². The first-order chi connectivity index (χ1) is 8.17. The van der Waals surface area contributed by atoms with Gasteiger partial charge < -0.3 is 16.2 Å². The molecule has 1 aromatic rings. The normalized spacial score (nSPS) is 12.4. The second-order valence-corrected chi connectivity index (χ2v) is 6.96. The maximum atomic E-state index is 11.5. The van der Waals surface area contributed by atoms with Crippen LogP contribution in [0.2, 0.25) is 0 Å². The third-order valence-corrected chi connectivity index (χ3v) is 3.83. The third kappa shape index (κ3) is 3.61. The van der Waals surface area contributed by atoms with Crippen molar-refractivity contribution in [1.29, 1.82) is 0 Å². The fraction of sp³-hybridized carbons (Fsp3) is 0.500. The standard InChI is InChI=1S/C12H20N2O3S/c1-12(2,7-8-15)14-9-5-4-6-10(11(9)13)18(3,16)17/h4-6,14-15H,7-8,13H2,1-3H3. The molecule has 0 saturated carbocycles. The quantitative estimate of drug-likeness (QED) is 0.701. The molecule has 0 aliphatic heterocycles. The van der Waals surface area contributed by atoms with E-state index in [1.54, 1.807) is 12.1 Å². The monoisotopic (exact) mass is 272 g/mol. The van der Waals surface area contributed by atoms with Crippen molar-refractivity contribution in [1.82, 2.24) is 0 Å². The molecule has 6 heteroatoms. The summed E-state index contributed by atoms with van der Waals surface area (Å²) in [5, 5.41) is 12.1. The molecule has 0 unspecified atom stereocenters. The molecular weight excluding hydrogens is 252 g/mol. The average Bonchev–Trinajstić information content (AvgIpc) is 2.18. The van der Waals surface area contributed by atoms with Gasteiger partial charge in [-0.15, -0.1) is 0 Å². The molecule has 0 heterocycles. The van der Waals surface area contributed by atoms with Crippen molar-refractivity contribution < 1.29 is 13.5 Å². The van der Waals surface area contributed by atoms with Gasteiger partial charge >= 0.3 is 0 Å². The highest BCUT2D eigenvalue weighted by atomic mass is 32.2. The number of para-hydroxylation sites is 1. The van der Waals surface area contributed by atoms with Gasteiger partial charge in [0.2, 0.25) is 0 Å². The Morgan fingerprint density at radius 3 is 2.50 bits per heavy atom. The van der Waals surface area contributed by atoms with Crippen LogP contribution in [0.5, 0.6) is 0 Å². The molecule has 0 fully saturated rings. The molecule has 18 heavy (non-hydrogen) atoms. The van der Waals surface area contributed by atoms with Crippen LogP contribution >= 0.6 is 0 Å². The zero-order valence-corrected chi connectivity index (χ0v) is 11.7. The number of rotatable bonds is 5. The van der Waals surface area contributed by atoms with E-state index in [9.17, 15) is 8.42 Å². The van der Waals surface area contributed by atoms with Crippen LogP contribution in [-0.2, 0) is 9.84 Å². The number of hydrogen-bond acceptors (Lipinski definition) is 5. The molecule has 1 aromatic carbocycles. The van der Waals surface area contributed by atoms with Gasteiger partial charge in [0.1, 0.15) is 0 Å². The maximum Gasteiger partial charge on any atom is 0.177 e. The largest absolute Gasteiger partial charge is 0.396 e.